The van der Waals surface area contributed by atoms with E-state index in [1.165, 1.54) is 12.8 Å². The highest BCUT2D eigenvalue weighted by Crippen LogP contribution is 2.19. The molecule has 0 aromatic carbocycles. The lowest BCUT2D eigenvalue weighted by atomic mass is 10.4. The van der Waals surface area contributed by atoms with Gasteiger partial charge in [-0.1, -0.05) is 0 Å². The van der Waals surface area contributed by atoms with E-state index in [9.17, 15) is 0 Å². The molecule has 0 saturated heterocycles. The molecule has 4 nitrogen and oxygen atoms in total. The Bertz CT molecular complexity index is 496. The zero-order chi connectivity index (χ0) is 11.7. The lowest BCUT2D eigenvalue weighted by Gasteiger charge is -2.01. The Balaban J connectivity index is 1.61. The van der Waals surface area contributed by atoms with Crippen LogP contribution in [0.5, 0.6) is 0 Å². The van der Waals surface area contributed by atoms with Crippen LogP contribution in [-0.4, -0.2) is 15.8 Å². The zero-order valence-corrected chi connectivity index (χ0v) is 10.0. The van der Waals surface area contributed by atoms with Crippen LogP contribution in [0.2, 0.25) is 0 Å². The van der Waals surface area contributed by atoms with Crippen LogP contribution in [-0.2, 0) is 13.1 Å². The van der Waals surface area contributed by atoms with Gasteiger partial charge < -0.3 is 9.73 Å². The largest absolute Gasteiger partial charge is 0.463 e. The van der Waals surface area contributed by atoms with Crippen LogP contribution in [0.3, 0.4) is 0 Å². The monoisotopic (exact) mass is 231 g/mol. The normalized spacial score (nSPS) is 15.4. The molecule has 3 rings (SSSR count). The Morgan fingerprint density at radius 2 is 2.18 bits per heavy atom. The summed E-state index contributed by atoms with van der Waals surface area (Å²) >= 11 is 0. The van der Waals surface area contributed by atoms with Gasteiger partial charge in [0.15, 0.2) is 0 Å². The van der Waals surface area contributed by atoms with Gasteiger partial charge >= 0.3 is 0 Å². The molecule has 0 unspecified atom stereocenters. The third-order valence-electron chi connectivity index (χ3n) is 3.09. The third-order valence-corrected chi connectivity index (χ3v) is 3.09. The van der Waals surface area contributed by atoms with Crippen LogP contribution in [0.15, 0.2) is 28.8 Å². The molecule has 2 heterocycles. The number of rotatable bonds is 5. The molecule has 0 spiro atoms. The van der Waals surface area contributed by atoms with Gasteiger partial charge in [-0.2, -0.15) is 5.10 Å². The molecule has 2 aromatic rings. The predicted molar refractivity (Wildman–Crippen MR) is 64.6 cm³/mol. The third kappa shape index (κ3) is 2.58. The summed E-state index contributed by atoms with van der Waals surface area (Å²) in [4.78, 5) is 0. The Morgan fingerprint density at radius 1 is 1.35 bits per heavy atom. The summed E-state index contributed by atoms with van der Waals surface area (Å²) in [7, 11) is 0. The van der Waals surface area contributed by atoms with E-state index in [2.05, 4.69) is 10.4 Å². The van der Waals surface area contributed by atoms with E-state index < -0.39 is 0 Å². The standard InChI is InChI=1S/C13H17N3O/c1-10-6-7-15-16(10)9-13-5-4-12(17-13)8-14-11-2-3-11/h4-7,11,14H,2-3,8-9H2,1H3. The fourth-order valence-corrected chi connectivity index (χ4v) is 1.85. The van der Waals surface area contributed by atoms with Crippen LogP contribution in [0.4, 0.5) is 0 Å². The second kappa shape index (κ2) is 4.37. The van der Waals surface area contributed by atoms with Crippen LogP contribution >= 0.6 is 0 Å². The first-order valence-electron chi connectivity index (χ1n) is 6.10. The SMILES string of the molecule is Cc1ccnn1Cc1ccc(CNC2CC2)o1. The van der Waals surface area contributed by atoms with Crippen molar-refractivity contribution >= 4 is 0 Å². The maximum absolute atomic E-state index is 5.77. The predicted octanol–water partition coefficient (Wildman–Crippen LogP) is 2.08. The van der Waals surface area contributed by atoms with Gasteiger partial charge in [-0.05, 0) is 38.0 Å². The first-order chi connectivity index (χ1) is 8.31. The maximum atomic E-state index is 5.77. The smallest absolute Gasteiger partial charge is 0.125 e. The summed E-state index contributed by atoms with van der Waals surface area (Å²) in [5.41, 5.74) is 1.15. The average Bonchev–Trinajstić information content (AvgIpc) is 2.92. The van der Waals surface area contributed by atoms with Crippen molar-refractivity contribution in [2.75, 3.05) is 0 Å². The van der Waals surface area contributed by atoms with Crippen molar-refractivity contribution in [2.24, 2.45) is 0 Å². The second-order valence-electron chi connectivity index (χ2n) is 4.65. The molecular weight excluding hydrogens is 214 g/mol. The molecule has 0 radical (unpaired) electrons. The van der Waals surface area contributed by atoms with Crippen molar-refractivity contribution in [3.05, 3.63) is 41.6 Å². The fourth-order valence-electron chi connectivity index (χ4n) is 1.85. The first kappa shape index (κ1) is 10.6. The Kier molecular flexibility index (Phi) is 2.73. The van der Waals surface area contributed by atoms with Gasteiger partial charge in [0.1, 0.15) is 11.5 Å². The number of aromatic nitrogens is 2. The van der Waals surface area contributed by atoms with Crippen LogP contribution in [0, 0.1) is 6.92 Å². The fraction of sp³-hybridized carbons (Fsp3) is 0.462. The Hall–Kier alpha value is -1.55. The highest BCUT2D eigenvalue weighted by Gasteiger charge is 2.20. The lowest BCUT2D eigenvalue weighted by Crippen LogP contribution is -2.14. The number of furan rings is 1. The molecule has 1 saturated carbocycles. The maximum Gasteiger partial charge on any atom is 0.125 e. The van der Waals surface area contributed by atoms with Crippen molar-refractivity contribution in [2.45, 2.75) is 38.9 Å². The summed E-state index contributed by atoms with van der Waals surface area (Å²) in [6.07, 6.45) is 4.42. The molecular formula is C13H17N3O. The van der Waals surface area contributed by atoms with E-state index in [0.29, 0.717) is 6.54 Å². The minimum atomic E-state index is 0.711. The number of nitrogens with zero attached hydrogens (tertiary/aromatic N) is 2. The quantitative estimate of drug-likeness (QED) is 0.856. The van der Waals surface area contributed by atoms with E-state index in [0.717, 1.165) is 29.8 Å². The molecule has 0 atom stereocenters. The minimum Gasteiger partial charge on any atom is -0.463 e. The molecule has 1 aliphatic rings. The van der Waals surface area contributed by atoms with E-state index in [-0.39, 0.29) is 0 Å². The van der Waals surface area contributed by atoms with Gasteiger partial charge in [-0.25, -0.2) is 0 Å². The molecule has 90 valence electrons. The molecule has 4 heteroatoms. The van der Waals surface area contributed by atoms with Crippen molar-refractivity contribution < 1.29 is 4.42 Å². The van der Waals surface area contributed by atoms with Gasteiger partial charge in [0.25, 0.3) is 0 Å². The van der Waals surface area contributed by atoms with E-state index in [4.69, 9.17) is 4.42 Å². The highest BCUT2D eigenvalue weighted by atomic mass is 16.3. The summed E-state index contributed by atoms with van der Waals surface area (Å²) in [6, 6.07) is 6.80. The molecule has 2 aromatic heterocycles. The summed E-state index contributed by atoms with van der Waals surface area (Å²) in [6.45, 7) is 3.59. The molecule has 1 fully saturated rings. The van der Waals surface area contributed by atoms with Crippen LogP contribution in [0.25, 0.3) is 0 Å². The van der Waals surface area contributed by atoms with Gasteiger partial charge in [-0.3, -0.25) is 4.68 Å². The zero-order valence-electron chi connectivity index (χ0n) is 10.0. The highest BCUT2D eigenvalue weighted by molar-refractivity contribution is 5.09. The molecule has 0 amide bonds. The summed E-state index contributed by atoms with van der Waals surface area (Å²) in [5.74, 6) is 1.97. The minimum absolute atomic E-state index is 0.711. The number of hydrogen-bond donors (Lipinski definition) is 1. The number of aryl methyl sites for hydroxylation is 1. The van der Waals surface area contributed by atoms with Gasteiger partial charge in [-0.15, -0.1) is 0 Å². The van der Waals surface area contributed by atoms with E-state index in [1.54, 1.807) is 0 Å². The number of nitrogens with one attached hydrogen (secondary N) is 1. The van der Waals surface area contributed by atoms with E-state index >= 15 is 0 Å². The first-order valence-corrected chi connectivity index (χ1v) is 6.10. The van der Waals surface area contributed by atoms with Gasteiger partial charge in [0.05, 0.1) is 13.1 Å². The van der Waals surface area contributed by atoms with Gasteiger partial charge in [0.2, 0.25) is 0 Å². The average molecular weight is 231 g/mol. The lowest BCUT2D eigenvalue weighted by molar-refractivity contribution is 0.428. The van der Waals surface area contributed by atoms with Crippen molar-refractivity contribution in [3.63, 3.8) is 0 Å². The molecule has 1 N–H and O–H groups in total. The van der Waals surface area contributed by atoms with Crippen LogP contribution in [0.1, 0.15) is 30.1 Å². The topological polar surface area (TPSA) is 43.0 Å². The molecule has 1 aliphatic carbocycles. The Labute approximate surface area is 101 Å². The molecule has 0 bridgehead atoms. The van der Waals surface area contributed by atoms with Gasteiger partial charge in [0, 0.05) is 17.9 Å². The van der Waals surface area contributed by atoms with E-state index in [1.807, 2.05) is 36.0 Å². The van der Waals surface area contributed by atoms with Crippen molar-refractivity contribution in [3.8, 4) is 0 Å². The van der Waals surface area contributed by atoms with Crippen LogP contribution < -0.4 is 5.32 Å². The Morgan fingerprint density at radius 3 is 2.88 bits per heavy atom. The summed E-state index contributed by atoms with van der Waals surface area (Å²) < 4.78 is 7.71. The second-order valence-corrected chi connectivity index (χ2v) is 4.65. The summed E-state index contributed by atoms with van der Waals surface area (Å²) in [5, 5.41) is 7.69. The van der Waals surface area contributed by atoms with Crippen molar-refractivity contribution in [1.82, 2.24) is 15.1 Å². The number of hydrogen-bond acceptors (Lipinski definition) is 3. The van der Waals surface area contributed by atoms with Crippen molar-refractivity contribution in [1.29, 1.82) is 0 Å². The molecule has 0 aliphatic heterocycles. The molecule has 17 heavy (non-hydrogen) atoms.